The lowest BCUT2D eigenvalue weighted by Crippen LogP contribution is -2.25. The molecule has 0 aliphatic heterocycles. The summed E-state index contributed by atoms with van der Waals surface area (Å²) < 4.78 is 0. The number of anilines is 1. The number of rotatable bonds is 13. The molecule has 0 unspecified atom stereocenters. The Balaban J connectivity index is 1.81. The molecule has 3 rings (SSSR count). The maximum absolute atomic E-state index is 12.5. The number of nitrogens with zero attached hydrogens (tertiary/aromatic N) is 2. The average molecular weight is 474 g/mol. The van der Waals surface area contributed by atoms with Crippen LogP contribution in [0.15, 0.2) is 67.0 Å². The molecule has 35 heavy (non-hydrogen) atoms. The number of hydrogen-bond donors (Lipinski definition) is 2. The van der Waals surface area contributed by atoms with Crippen LogP contribution in [0.1, 0.15) is 55.7 Å². The molecule has 0 spiro atoms. The Morgan fingerprint density at radius 2 is 1.80 bits per heavy atom. The van der Waals surface area contributed by atoms with Gasteiger partial charge in [0.25, 0.3) is 0 Å². The summed E-state index contributed by atoms with van der Waals surface area (Å²) in [7, 11) is 1.86. The van der Waals surface area contributed by atoms with Crippen LogP contribution in [0, 0.1) is 0 Å². The minimum absolute atomic E-state index is 0.0928. The summed E-state index contributed by atoms with van der Waals surface area (Å²) in [5.74, 6) is -0.634. The summed E-state index contributed by atoms with van der Waals surface area (Å²) >= 11 is 0. The number of unbranched alkanes of at least 4 members (excludes halogenated alkanes) is 2. The number of aryl methyl sites for hydroxylation is 1. The Bertz CT molecular complexity index is 1120. The van der Waals surface area contributed by atoms with Gasteiger partial charge in [0.05, 0.1) is 0 Å². The number of hydrogen-bond acceptors (Lipinski definition) is 4. The predicted molar refractivity (Wildman–Crippen MR) is 140 cm³/mol. The average Bonchev–Trinajstić information content (AvgIpc) is 2.87. The molecule has 0 bridgehead atoms. The van der Waals surface area contributed by atoms with E-state index in [1.165, 1.54) is 0 Å². The molecular formula is C29H35N3O3. The van der Waals surface area contributed by atoms with Crippen LogP contribution in [0.2, 0.25) is 0 Å². The van der Waals surface area contributed by atoms with Crippen LogP contribution in [0.5, 0.6) is 0 Å². The van der Waals surface area contributed by atoms with Crippen LogP contribution in [0.4, 0.5) is 5.69 Å². The highest BCUT2D eigenvalue weighted by Crippen LogP contribution is 2.31. The minimum atomic E-state index is -0.806. The highest BCUT2D eigenvalue weighted by molar-refractivity contribution is 5.79. The molecule has 0 radical (unpaired) electrons. The number of carbonyl (C=O) groups is 2. The van der Waals surface area contributed by atoms with Gasteiger partial charge in [-0.05, 0) is 53.3 Å². The van der Waals surface area contributed by atoms with Crippen molar-refractivity contribution in [3.05, 3.63) is 83.7 Å². The van der Waals surface area contributed by atoms with E-state index in [9.17, 15) is 9.59 Å². The molecule has 2 N–H and O–H groups in total. The second-order valence-corrected chi connectivity index (χ2v) is 8.90. The van der Waals surface area contributed by atoms with E-state index in [0.29, 0.717) is 25.9 Å². The molecule has 3 aromatic rings. The van der Waals surface area contributed by atoms with Gasteiger partial charge in [0.1, 0.15) is 0 Å². The number of carboxylic acid groups (broad SMARTS) is 1. The Morgan fingerprint density at radius 3 is 2.54 bits per heavy atom. The first-order valence-electron chi connectivity index (χ1n) is 12.3. The molecule has 6 nitrogen and oxygen atoms in total. The SMILES string of the molecule is CCCCCC(=O)N(C)Cc1cccc(-c2ccc(CCC(=O)O)cc2NCc2cccnc2)c1. The van der Waals surface area contributed by atoms with E-state index in [1.807, 2.05) is 55.7 Å². The molecule has 0 saturated heterocycles. The summed E-state index contributed by atoms with van der Waals surface area (Å²) in [5, 5.41) is 12.6. The van der Waals surface area contributed by atoms with Crippen molar-refractivity contribution in [2.45, 2.75) is 58.5 Å². The molecular weight excluding hydrogens is 438 g/mol. The maximum atomic E-state index is 12.5. The number of nitrogens with one attached hydrogen (secondary N) is 1. The lowest BCUT2D eigenvalue weighted by atomic mass is 9.98. The third-order valence-corrected chi connectivity index (χ3v) is 5.99. The number of carboxylic acids is 1. The Morgan fingerprint density at radius 1 is 0.971 bits per heavy atom. The Hall–Kier alpha value is -3.67. The lowest BCUT2D eigenvalue weighted by molar-refractivity contribution is -0.137. The minimum Gasteiger partial charge on any atom is -0.481 e. The van der Waals surface area contributed by atoms with Crippen molar-refractivity contribution in [2.75, 3.05) is 12.4 Å². The van der Waals surface area contributed by atoms with Crippen molar-refractivity contribution in [2.24, 2.45) is 0 Å². The number of benzene rings is 2. The monoisotopic (exact) mass is 473 g/mol. The molecule has 1 heterocycles. The number of aliphatic carboxylic acids is 1. The van der Waals surface area contributed by atoms with Gasteiger partial charge in [-0.25, -0.2) is 0 Å². The standard InChI is InChI=1S/C29H35N3O3/c1-3-4-5-11-28(33)32(2)21-23-8-6-10-25(17-23)26-14-12-22(13-15-29(34)35)18-27(26)31-20-24-9-7-16-30-19-24/h6-10,12,14,16-19,31H,3-5,11,13,15,20-21H2,1-2H3,(H,34,35). The summed E-state index contributed by atoms with van der Waals surface area (Å²) in [4.78, 5) is 29.5. The van der Waals surface area contributed by atoms with Gasteiger partial charge >= 0.3 is 5.97 Å². The Labute approximate surface area is 208 Å². The highest BCUT2D eigenvalue weighted by atomic mass is 16.4. The number of aromatic nitrogens is 1. The fraction of sp³-hybridized carbons (Fsp3) is 0.345. The number of carbonyl (C=O) groups excluding carboxylic acids is 1. The van der Waals surface area contributed by atoms with E-state index in [4.69, 9.17) is 5.11 Å². The fourth-order valence-corrected chi connectivity index (χ4v) is 4.01. The maximum Gasteiger partial charge on any atom is 0.303 e. The van der Waals surface area contributed by atoms with E-state index < -0.39 is 5.97 Å². The molecule has 184 valence electrons. The fourth-order valence-electron chi connectivity index (χ4n) is 4.01. The van der Waals surface area contributed by atoms with Crippen molar-refractivity contribution < 1.29 is 14.7 Å². The summed E-state index contributed by atoms with van der Waals surface area (Å²) in [6.45, 7) is 3.31. The molecule has 2 aromatic carbocycles. The van der Waals surface area contributed by atoms with Crippen molar-refractivity contribution in [1.82, 2.24) is 9.88 Å². The van der Waals surface area contributed by atoms with Gasteiger partial charge in [-0.15, -0.1) is 0 Å². The van der Waals surface area contributed by atoms with Crippen molar-refractivity contribution >= 4 is 17.6 Å². The largest absolute Gasteiger partial charge is 0.481 e. The van der Waals surface area contributed by atoms with Crippen LogP contribution in [0.3, 0.4) is 0 Å². The van der Waals surface area contributed by atoms with Crippen LogP contribution in [-0.4, -0.2) is 33.9 Å². The van der Waals surface area contributed by atoms with E-state index in [1.54, 1.807) is 11.1 Å². The normalized spacial score (nSPS) is 10.7. The first-order valence-corrected chi connectivity index (χ1v) is 12.3. The predicted octanol–water partition coefficient (Wildman–Crippen LogP) is 5.92. The van der Waals surface area contributed by atoms with Crippen LogP contribution >= 0.6 is 0 Å². The zero-order valence-electron chi connectivity index (χ0n) is 20.7. The highest BCUT2D eigenvalue weighted by Gasteiger charge is 2.12. The van der Waals surface area contributed by atoms with Gasteiger partial charge in [-0.2, -0.15) is 0 Å². The lowest BCUT2D eigenvalue weighted by Gasteiger charge is -2.19. The van der Waals surface area contributed by atoms with E-state index in [0.717, 1.165) is 52.8 Å². The first kappa shape index (κ1) is 25.9. The molecule has 1 amide bonds. The van der Waals surface area contributed by atoms with E-state index >= 15 is 0 Å². The number of amides is 1. The van der Waals surface area contributed by atoms with Gasteiger partial charge in [-0.3, -0.25) is 14.6 Å². The van der Waals surface area contributed by atoms with Gasteiger partial charge in [0.15, 0.2) is 0 Å². The van der Waals surface area contributed by atoms with Gasteiger partial charge < -0.3 is 15.3 Å². The van der Waals surface area contributed by atoms with Crippen LogP contribution < -0.4 is 5.32 Å². The second kappa shape index (κ2) is 13.3. The summed E-state index contributed by atoms with van der Waals surface area (Å²) in [6, 6.07) is 18.2. The quantitative estimate of drug-likeness (QED) is 0.301. The zero-order valence-corrected chi connectivity index (χ0v) is 20.7. The molecule has 0 saturated carbocycles. The molecule has 1 aromatic heterocycles. The molecule has 0 atom stereocenters. The summed E-state index contributed by atoms with van der Waals surface area (Å²) in [5.41, 5.74) is 6.13. The smallest absolute Gasteiger partial charge is 0.303 e. The topological polar surface area (TPSA) is 82.5 Å². The molecule has 6 heteroatoms. The molecule has 0 aliphatic rings. The number of pyridine rings is 1. The first-order chi connectivity index (χ1) is 17.0. The zero-order chi connectivity index (χ0) is 25.0. The van der Waals surface area contributed by atoms with Gasteiger partial charge in [0.2, 0.25) is 5.91 Å². The van der Waals surface area contributed by atoms with Gasteiger partial charge in [-0.1, -0.05) is 56.2 Å². The van der Waals surface area contributed by atoms with E-state index in [-0.39, 0.29) is 12.3 Å². The van der Waals surface area contributed by atoms with Crippen LogP contribution in [0.25, 0.3) is 11.1 Å². The van der Waals surface area contributed by atoms with E-state index in [2.05, 4.69) is 29.4 Å². The third-order valence-electron chi connectivity index (χ3n) is 5.99. The Kier molecular flexibility index (Phi) is 9.84. The van der Waals surface area contributed by atoms with Crippen molar-refractivity contribution in [1.29, 1.82) is 0 Å². The third kappa shape index (κ3) is 8.25. The van der Waals surface area contributed by atoms with Crippen LogP contribution in [-0.2, 0) is 29.1 Å². The van der Waals surface area contributed by atoms with Gasteiger partial charge in [0, 0.05) is 56.6 Å². The second-order valence-electron chi connectivity index (χ2n) is 8.90. The molecule has 0 aliphatic carbocycles. The van der Waals surface area contributed by atoms with Crippen molar-refractivity contribution in [3.8, 4) is 11.1 Å². The molecule has 0 fully saturated rings. The van der Waals surface area contributed by atoms with Crippen molar-refractivity contribution in [3.63, 3.8) is 0 Å². The summed E-state index contributed by atoms with van der Waals surface area (Å²) in [6.07, 6.45) is 7.84.